The van der Waals surface area contributed by atoms with Crippen LogP contribution in [0.25, 0.3) is 0 Å². The predicted octanol–water partition coefficient (Wildman–Crippen LogP) is 1.55. The Morgan fingerprint density at radius 1 is 1.44 bits per heavy atom. The summed E-state index contributed by atoms with van der Waals surface area (Å²) in [6, 6.07) is 4.68. The molecule has 0 aliphatic heterocycles. The third-order valence-corrected chi connectivity index (χ3v) is 3.11. The van der Waals surface area contributed by atoms with Gasteiger partial charge in [0.05, 0.1) is 6.10 Å². The van der Waals surface area contributed by atoms with Gasteiger partial charge in [-0.3, -0.25) is 4.79 Å². The number of nitrogens with one attached hydrogen (secondary N) is 1. The van der Waals surface area contributed by atoms with Crippen LogP contribution in [0, 0.1) is 0 Å². The molecule has 0 spiro atoms. The van der Waals surface area contributed by atoms with Gasteiger partial charge in [-0.25, -0.2) is 0 Å². The molecule has 2 atom stereocenters. The molecule has 0 amide bonds. The lowest BCUT2D eigenvalue weighted by Gasteiger charge is -2.19. The van der Waals surface area contributed by atoms with Crippen LogP contribution < -0.4 is 5.32 Å². The van der Waals surface area contributed by atoms with Gasteiger partial charge in [0.15, 0.2) is 5.78 Å². The molecule has 1 aromatic rings. The average Bonchev–Trinajstić information content (AvgIpc) is 2.34. The Balaban J connectivity index is 2.86. The number of halogens is 1. The van der Waals surface area contributed by atoms with Gasteiger partial charge in [0.2, 0.25) is 0 Å². The minimum absolute atomic E-state index is 0.0892. The largest absolute Gasteiger partial charge is 0.390 e. The van der Waals surface area contributed by atoms with E-state index in [1.54, 1.807) is 19.2 Å². The Labute approximate surface area is 112 Å². The summed E-state index contributed by atoms with van der Waals surface area (Å²) in [7, 11) is 1.77. The standard InChI is InChI=1S/C13H18ClNO3/c1-8(16)9-3-4-10(11(14)7-9)13(18)12(17)5-6-15-2/h3-4,7,12-13,15,17-18H,5-6H2,1-2H3. The number of Topliss-reactive ketones (excluding diaryl/α,β-unsaturated/α-hetero) is 1. The van der Waals surface area contributed by atoms with Gasteiger partial charge in [-0.1, -0.05) is 23.7 Å². The molecule has 0 saturated carbocycles. The van der Waals surface area contributed by atoms with Crippen LogP contribution in [0.2, 0.25) is 5.02 Å². The molecule has 2 unspecified atom stereocenters. The number of hydrogen-bond acceptors (Lipinski definition) is 4. The van der Waals surface area contributed by atoms with Crippen LogP contribution in [0.4, 0.5) is 0 Å². The van der Waals surface area contributed by atoms with Crippen molar-refractivity contribution in [2.45, 2.75) is 25.6 Å². The van der Waals surface area contributed by atoms with Crippen molar-refractivity contribution in [3.05, 3.63) is 34.3 Å². The second-order valence-corrected chi connectivity index (χ2v) is 4.60. The van der Waals surface area contributed by atoms with Crippen LogP contribution in [0.15, 0.2) is 18.2 Å². The molecule has 1 rings (SSSR count). The lowest BCUT2D eigenvalue weighted by Crippen LogP contribution is -2.23. The van der Waals surface area contributed by atoms with Gasteiger partial charge in [-0.05, 0) is 33.0 Å². The first-order valence-electron chi connectivity index (χ1n) is 5.78. The smallest absolute Gasteiger partial charge is 0.159 e. The molecular weight excluding hydrogens is 254 g/mol. The van der Waals surface area contributed by atoms with Gasteiger partial charge in [-0.15, -0.1) is 0 Å². The first-order valence-corrected chi connectivity index (χ1v) is 6.16. The zero-order valence-corrected chi connectivity index (χ0v) is 11.2. The van der Waals surface area contributed by atoms with Crippen LogP contribution in [-0.2, 0) is 0 Å². The van der Waals surface area contributed by atoms with E-state index < -0.39 is 12.2 Å². The lowest BCUT2D eigenvalue weighted by atomic mass is 10.00. The molecule has 0 heterocycles. The van der Waals surface area contributed by atoms with Crippen molar-refractivity contribution in [3.63, 3.8) is 0 Å². The molecule has 0 aromatic heterocycles. The number of ketones is 1. The highest BCUT2D eigenvalue weighted by Crippen LogP contribution is 2.27. The van der Waals surface area contributed by atoms with Gasteiger partial charge < -0.3 is 15.5 Å². The predicted molar refractivity (Wildman–Crippen MR) is 71.0 cm³/mol. The van der Waals surface area contributed by atoms with E-state index in [1.807, 2.05) is 0 Å². The number of carbonyl (C=O) groups excluding carboxylic acids is 1. The Morgan fingerprint density at radius 2 is 2.11 bits per heavy atom. The summed E-state index contributed by atoms with van der Waals surface area (Å²) >= 11 is 6.01. The Bertz CT molecular complexity index is 423. The molecule has 1 aromatic carbocycles. The average molecular weight is 272 g/mol. The molecule has 0 bridgehead atoms. The number of aliphatic hydroxyl groups is 2. The van der Waals surface area contributed by atoms with Crippen molar-refractivity contribution >= 4 is 17.4 Å². The number of rotatable bonds is 6. The van der Waals surface area contributed by atoms with E-state index in [0.29, 0.717) is 29.1 Å². The number of carbonyl (C=O) groups is 1. The monoisotopic (exact) mass is 271 g/mol. The Kier molecular flexibility index (Phi) is 5.75. The maximum Gasteiger partial charge on any atom is 0.159 e. The molecule has 0 radical (unpaired) electrons. The summed E-state index contributed by atoms with van der Waals surface area (Å²) < 4.78 is 0. The fourth-order valence-electron chi connectivity index (χ4n) is 1.64. The van der Waals surface area contributed by atoms with Crippen LogP contribution in [0.3, 0.4) is 0 Å². The van der Waals surface area contributed by atoms with Crippen molar-refractivity contribution in [1.29, 1.82) is 0 Å². The van der Waals surface area contributed by atoms with E-state index >= 15 is 0 Å². The minimum atomic E-state index is -1.05. The minimum Gasteiger partial charge on any atom is -0.390 e. The molecule has 3 N–H and O–H groups in total. The molecular formula is C13H18ClNO3. The van der Waals surface area contributed by atoms with Gasteiger partial charge in [0.25, 0.3) is 0 Å². The molecule has 0 fully saturated rings. The molecule has 0 aliphatic carbocycles. The highest BCUT2D eigenvalue weighted by Gasteiger charge is 2.20. The lowest BCUT2D eigenvalue weighted by molar-refractivity contribution is 0.0141. The third-order valence-electron chi connectivity index (χ3n) is 2.78. The van der Waals surface area contributed by atoms with Crippen LogP contribution in [-0.4, -0.2) is 35.7 Å². The zero-order chi connectivity index (χ0) is 13.7. The van der Waals surface area contributed by atoms with E-state index in [9.17, 15) is 15.0 Å². The van der Waals surface area contributed by atoms with Gasteiger partial charge >= 0.3 is 0 Å². The maximum absolute atomic E-state index is 11.2. The fourth-order valence-corrected chi connectivity index (χ4v) is 1.94. The zero-order valence-electron chi connectivity index (χ0n) is 10.5. The van der Waals surface area contributed by atoms with Crippen LogP contribution in [0.5, 0.6) is 0 Å². The van der Waals surface area contributed by atoms with Crippen molar-refractivity contribution in [3.8, 4) is 0 Å². The summed E-state index contributed by atoms with van der Waals surface area (Å²) in [5.74, 6) is -0.0892. The number of hydrogen-bond donors (Lipinski definition) is 3. The van der Waals surface area contributed by atoms with Crippen molar-refractivity contribution in [1.82, 2.24) is 5.32 Å². The topological polar surface area (TPSA) is 69.6 Å². The van der Waals surface area contributed by atoms with E-state index in [2.05, 4.69) is 5.32 Å². The second-order valence-electron chi connectivity index (χ2n) is 4.20. The fraction of sp³-hybridized carbons (Fsp3) is 0.462. The van der Waals surface area contributed by atoms with Crippen molar-refractivity contribution < 1.29 is 15.0 Å². The van der Waals surface area contributed by atoms with Crippen LogP contribution >= 0.6 is 11.6 Å². The summed E-state index contributed by atoms with van der Waals surface area (Å²) in [6.45, 7) is 2.05. The molecule has 0 saturated heterocycles. The van der Waals surface area contributed by atoms with Gasteiger partial charge in [0.1, 0.15) is 6.10 Å². The first kappa shape index (κ1) is 15.1. The molecule has 18 heavy (non-hydrogen) atoms. The summed E-state index contributed by atoms with van der Waals surface area (Å²) in [6.07, 6.45) is -1.52. The highest BCUT2D eigenvalue weighted by atomic mass is 35.5. The Morgan fingerprint density at radius 3 is 2.61 bits per heavy atom. The van der Waals surface area contributed by atoms with Gasteiger partial charge in [0, 0.05) is 16.1 Å². The van der Waals surface area contributed by atoms with E-state index in [4.69, 9.17) is 11.6 Å². The summed E-state index contributed by atoms with van der Waals surface area (Å²) in [5.41, 5.74) is 0.922. The normalized spacial score (nSPS) is 14.3. The maximum atomic E-state index is 11.2. The highest BCUT2D eigenvalue weighted by molar-refractivity contribution is 6.31. The molecule has 100 valence electrons. The van der Waals surface area contributed by atoms with Crippen molar-refractivity contribution in [2.75, 3.05) is 13.6 Å². The molecule has 4 nitrogen and oxygen atoms in total. The van der Waals surface area contributed by atoms with E-state index in [-0.39, 0.29) is 5.78 Å². The van der Waals surface area contributed by atoms with E-state index in [0.717, 1.165) is 0 Å². The third kappa shape index (κ3) is 3.78. The van der Waals surface area contributed by atoms with Gasteiger partial charge in [-0.2, -0.15) is 0 Å². The quantitative estimate of drug-likeness (QED) is 0.687. The second kappa shape index (κ2) is 6.85. The summed E-state index contributed by atoms with van der Waals surface area (Å²) in [4.78, 5) is 11.2. The van der Waals surface area contributed by atoms with Crippen molar-refractivity contribution in [2.24, 2.45) is 0 Å². The SMILES string of the molecule is CNCCC(O)C(O)c1ccc(C(C)=O)cc1Cl. The Hall–Kier alpha value is -0.940. The molecule has 5 heteroatoms. The number of aliphatic hydroxyl groups excluding tert-OH is 2. The van der Waals surface area contributed by atoms with E-state index in [1.165, 1.54) is 13.0 Å². The number of benzene rings is 1. The molecule has 0 aliphatic rings. The first-order chi connectivity index (χ1) is 8.47. The van der Waals surface area contributed by atoms with Crippen LogP contribution in [0.1, 0.15) is 35.4 Å². The summed E-state index contributed by atoms with van der Waals surface area (Å²) in [5, 5.41) is 23.0.